The van der Waals surface area contributed by atoms with E-state index in [-0.39, 0.29) is 18.1 Å². The average molecular weight is 310 g/mol. The fourth-order valence-electron chi connectivity index (χ4n) is 1.70. The van der Waals surface area contributed by atoms with E-state index < -0.39 is 0 Å². The van der Waals surface area contributed by atoms with Crippen LogP contribution in [0, 0.1) is 13.8 Å². The van der Waals surface area contributed by atoms with E-state index in [1.807, 2.05) is 38.5 Å². The van der Waals surface area contributed by atoms with E-state index in [4.69, 9.17) is 0 Å². The Kier molecular flexibility index (Phi) is 4.72. The Morgan fingerprint density at radius 1 is 1.00 bits per heavy atom. The number of urea groups is 1. The van der Waals surface area contributed by atoms with Gasteiger partial charge in [0.25, 0.3) is 0 Å². The van der Waals surface area contributed by atoms with Crippen molar-refractivity contribution in [3.63, 3.8) is 0 Å². The van der Waals surface area contributed by atoms with Crippen molar-refractivity contribution in [3.8, 4) is 0 Å². The third-order valence-corrected chi connectivity index (χ3v) is 5.00. The van der Waals surface area contributed by atoms with Gasteiger partial charge in [-0.25, -0.2) is 14.8 Å². The molecule has 0 aliphatic heterocycles. The van der Waals surface area contributed by atoms with Gasteiger partial charge in [-0.05, 0) is 27.7 Å². The summed E-state index contributed by atoms with van der Waals surface area (Å²) < 4.78 is 0. The molecule has 2 aromatic rings. The van der Waals surface area contributed by atoms with Crippen LogP contribution in [0.5, 0.6) is 0 Å². The third kappa shape index (κ3) is 3.77. The lowest BCUT2D eigenvalue weighted by atomic mass is 10.3. The number of nitrogens with zero attached hydrogens (tertiary/aromatic N) is 2. The highest BCUT2D eigenvalue weighted by Gasteiger charge is 2.16. The minimum atomic E-state index is -0.203. The third-order valence-electron chi connectivity index (χ3n) is 2.71. The standard InChI is InChI=1S/C13H18N4OS2/c1-7-5-19-11(14-7)9(3)16-13(18)17-10(4)12-15-8(2)6-20-12/h5-6,9-10H,1-4H3,(H2,16,17,18)/t9-,10+. The first kappa shape index (κ1) is 14.9. The van der Waals surface area contributed by atoms with E-state index in [0.717, 1.165) is 21.4 Å². The van der Waals surface area contributed by atoms with E-state index in [0.29, 0.717) is 0 Å². The second-order valence-corrected chi connectivity index (χ2v) is 6.49. The predicted molar refractivity (Wildman–Crippen MR) is 82.2 cm³/mol. The number of nitrogens with one attached hydrogen (secondary N) is 2. The van der Waals surface area contributed by atoms with Crippen molar-refractivity contribution in [2.24, 2.45) is 0 Å². The molecule has 0 saturated carbocycles. The average Bonchev–Trinajstić information content (AvgIpc) is 2.97. The Morgan fingerprint density at radius 3 is 1.70 bits per heavy atom. The molecule has 0 unspecified atom stereocenters. The van der Waals surface area contributed by atoms with Crippen LogP contribution in [0.25, 0.3) is 0 Å². The zero-order chi connectivity index (χ0) is 14.7. The molecule has 5 nitrogen and oxygen atoms in total. The Bertz CT molecular complexity index is 542. The van der Waals surface area contributed by atoms with Gasteiger partial charge in [-0.15, -0.1) is 22.7 Å². The maximum absolute atomic E-state index is 12.0. The molecule has 2 heterocycles. The highest BCUT2D eigenvalue weighted by Crippen LogP contribution is 2.19. The van der Waals surface area contributed by atoms with Crippen LogP contribution in [-0.2, 0) is 0 Å². The van der Waals surface area contributed by atoms with E-state index >= 15 is 0 Å². The van der Waals surface area contributed by atoms with Crippen molar-refractivity contribution in [2.75, 3.05) is 0 Å². The van der Waals surface area contributed by atoms with Crippen LogP contribution in [0.2, 0.25) is 0 Å². The number of carbonyl (C=O) groups excluding carboxylic acids is 1. The molecule has 0 bridgehead atoms. The zero-order valence-electron chi connectivity index (χ0n) is 11.9. The molecule has 20 heavy (non-hydrogen) atoms. The maximum atomic E-state index is 12.0. The van der Waals surface area contributed by atoms with Gasteiger partial charge in [0.1, 0.15) is 10.0 Å². The number of aromatic nitrogens is 2. The number of carbonyl (C=O) groups is 1. The second kappa shape index (κ2) is 6.32. The lowest BCUT2D eigenvalue weighted by Crippen LogP contribution is -2.38. The van der Waals surface area contributed by atoms with E-state index in [9.17, 15) is 4.79 Å². The fraction of sp³-hybridized carbons (Fsp3) is 0.462. The Morgan fingerprint density at radius 2 is 1.40 bits per heavy atom. The smallest absolute Gasteiger partial charge is 0.315 e. The van der Waals surface area contributed by atoms with Crippen LogP contribution < -0.4 is 10.6 Å². The van der Waals surface area contributed by atoms with Crippen LogP contribution in [0.15, 0.2) is 10.8 Å². The van der Waals surface area contributed by atoms with Gasteiger partial charge in [0, 0.05) is 22.1 Å². The lowest BCUT2D eigenvalue weighted by Gasteiger charge is -2.15. The molecule has 0 saturated heterocycles. The Balaban J connectivity index is 1.89. The lowest BCUT2D eigenvalue weighted by molar-refractivity contribution is 0.235. The van der Waals surface area contributed by atoms with Crippen LogP contribution in [-0.4, -0.2) is 16.0 Å². The summed E-state index contributed by atoms with van der Waals surface area (Å²) in [6, 6.07) is -0.399. The molecule has 0 aromatic carbocycles. The first-order valence-electron chi connectivity index (χ1n) is 6.36. The molecular formula is C13H18N4OS2. The molecule has 2 N–H and O–H groups in total. The molecule has 2 amide bonds. The van der Waals surface area contributed by atoms with E-state index in [2.05, 4.69) is 20.6 Å². The van der Waals surface area contributed by atoms with Gasteiger partial charge in [0.2, 0.25) is 0 Å². The number of hydrogen-bond acceptors (Lipinski definition) is 5. The number of aryl methyl sites for hydroxylation is 2. The fourth-order valence-corrected chi connectivity index (χ4v) is 3.31. The van der Waals surface area contributed by atoms with Gasteiger partial charge in [-0.2, -0.15) is 0 Å². The van der Waals surface area contributed by atoms with Crippen molar-refractivity contribution < 1.29 is 4.79 Å². The van der Waals surface area contributed by atoms with Crippen LogP contribution >= 0.6 is 22.7 Å². The molecule has 0 fully saturated rings. The molecule has 0 radical (unpaired) electrons. The van der Waals surface area contributed by atoms with Crippen LogP contribution in [0.1, 0.15) is 47.3 Å². The molecule has 2 atom stereocenters. The zero-order valence-corrected chi connectivity index (χ0v) is 13.6. The first-order valence-corrected chi connectivity index (χ1v) is 8.12. The minimum absolute atomic E-state index is 0.0982. The molecule has 0 aliphatic rings. The summed E-state index contributed by atoms with van der Waals surface area (Å²) in [5.74, 6) is 0. The summed E-state index contributed by atoms with van der Waals surface area (Å²) in [6.07, 6.45) is 0. The molecule has 108 valence electrons. The maximum Gasteiger partial charge on any atom is 0.315 e. The van der Waals surface area contributed by atoms with Gasteiger partial charge >= 0.3 is 6.03 Å². The normalized spacial score (nSPS) is 13.8. The number of hydrogen-bond donors (Lipinski definition) is 2. The monoisotopic (exact) mass is 310 g/mol. The van der Waals surface area contributed by atoms with Crippen LogP contribution in [0.3, 0.4) is 0 Å². The van der Waals surface area contributed by atoms with Crippen molar-refractivity contribution in [1.82, 2.24) is 20.6 Å². The summed E-state index contributed by atoms with van der Waals surface area (Å²) in [7, 11) is 0. The summed E-state index contributed by atoms with van der Waals surface area (Å²) in [6.45, 7) is 7.74. The van der Waals surface area contributed by atoms with E-state index in [1.165, 1.54) is 0 Å². The summed E-state index contributed by atoms with van der Waals surface area (Å²) >= 11 is 3.11. The molecule has 2 aromatic heterocycles. The van der Waals surface area contributed by atoms with Crippen molar-refractivity contribution in [3.05, 3.63) is 32.2 Å². The Labute approximate surface area is 126 Å². The number of thiazole rings is 2. The molecule has 0 aliphatic carbocycles. The van der Waals surface area contributed by atoms with Gasteiger partial charge < -0.3 is 10.6 Å². The van der Waals surface area contributed by atoms with Crippen molar-refractivity contribution in [1.29, 1.82) is 0 Å². The summed E-state index contributed by atoms with van der Waals surface area (Å²) in [5, 5.41) is 11.6. The molecular weight excluding hydrogens is 292 g/mol. The topological polar surface area (TPSA) is 66.9 Å². The largest absolute Gasteiger partial charge is 0.329 e. The van der Waals surface area contributed by atoms with Gasteiger partial charge in [0.15, 0.2) is 0 Å². The van der Waals surface area contributed by atoms with E-state index in [1.54, 1.807) is 22.7 Å². The molecule has 2 rings (SSSR count). The highest BCUT2D eigenvalue weighted by atomic mass is 32.1. The van der Waals surface area contributed by atoms with Crippen molar-refractivity contribution in [2.45, 2.75) is 39.8 Å². The molecule has 7 heteroatoms. The quantitative estimate of drug-likeness (QED) is 0.910. The minimum Gasteiger partial charge on any atom is -0.329 e. The summed E-state index contributed by atoms with van der Waals surface area (Å²) in [4.78, 5) is 20.7. The van der Waals surface area contributed by atoms with Crippen LogP contribution in [0.4, 0.5) is 4.79 Å². The first-order chi connectivity index (χ1) is 9.45. The van der Waals surface area contributed by atoms with Crippen molar-refractivity contribution >= 4 is 28.7 Å². The van der Waals surface area contributed by atoms with Gasteiger partial charge in [-0.1, -0.05) is 0 Å². The summed E-state index contributed by atoms with van der Waals surface area (Å²) in [5.41, 5.74) is 1.95. The number of amides is 2. The van der Waals surface area contributed by atoms with Gasteiger partial charge in [-0.3, -0.25) is 0 Å². The Hall–Kier alpha value is -1.47. The number of rotatable bonds is 4. The van der Waals surface area contributed by atoms with Gasteiger partial charge in [0.05, 0.1) is 12.1 Å². The highest BCUT2D eigenvalue weighted by molar-refractivity contribution is 7.10. The molecule has 0 spiro atoms. The SMILES string of the molecule is Cc1csc([C@H](C)NC(=O)N[C@H](C)c2nc(C)cs2)n1. The second-order valence-electron chi connectivity index (χ2n) is 4.72. The predicted octanol–water partition coefficient (Wildman–Crippen LogP) is 3.34.